The Bertz CT molecular complexity index is 394. The Hall–Kier alpha value is -0.930. The lowest BCUT2D eigenvalue weighted by Gasteiger charge is -2.40. The maximum Gasteiger partial charge on any atom is 0.0608 e. The molecule has 1 saturated heterocycles. The first-order chi connectivity index (χ1) is 7.71. The molecule has 1 aromatic rings. The van der Waals surface area contributed by atoms with Crippen LogP contribution in [0.15, 0.2) is 18.3 Å². The molecule has 0 amide bonds. The maximum absolute atomic E-state index is 6.42. The van der Waals surface area contributed by atoms with Gasteiger partial charge >= 0.3 is 0 Å². The Labute approximate surface area is 96.7 Å². The molecule has 3 rings (SSSR count). The normalized spacial score (nSPS) is 28.2. The molecular formula is C13H19N3. The van der Waals surface area contributed by atoms with Gasteiger partial charge in [-0.3, -0.25) is 4.98 Å². The number of hydrogen-bond donors (Lipinski definition) is 1. The zero-order valence-electron chi connectivity index (χ0n) is 9.82. The number of aromatic nitrogens is 1. The van der Waals surface area contributed by atoms with Crippen LogP contribution in [0.1, 0.15) is 30.1 Å². The molecule has 16 heavy (non-hydrogen) atoms. The summed E-state index contributed by atoms with van der Waals surface area (Å²) in [6.45, 7) is 2.34. The molecule has 3 nitrogen and oxygen atoms in total. The second kappa shape index (κ2) is 3.54. The van der Waals surface area contributed by atoms with Crippen LogP contribution in [-0.4, -0.2) is 30.0 Å². The third kappa shape index (κ3) is 1.39. The van der Waals surface area contributed by atoms with E-state index in [2.05, 4.69) is 23.0 Å². The fourth-order valence-corrected chi connectivity index (χ4v) is 3.21. The largest absolute Gasteiger partial charge is 0.322 e. The average molecular weight is 217 g/mol. The highest BCUT2D eigenvalue weighted by Gasteiger charge is 2.46. The van der Waals surface area contributed by atoms with Crippen molar-refractivity contribution in [2.75, 3.05) is 20.1 Å². The number of nitrogens with zero attached hydrogens (tertiary/aromatic N) is 2. The van der Waals surface area contributed by atoms with Crippen molar-refractivity contribution < 1.29 is 0 Å². The number of pyridine rings is 1. The Balaban J connectivity index is 1.91. The molecule has 0 radical (unpaired) electrons. The van der Waals surface area contributed by atoms with Gasteiger partial charge < -0.3 is 10.6 Å². The predicted octanol–water partition coefficient (Wildman–Crippen LogP) is 1.35. The predicted molar refractivity (Wildman–Crippen MR) is 64.0 cm³/mol. The number of likely N-dealkylation sites (tertiary alicyclic amines) is 1. The molecule has 1 aromatic heterocycles. The van der Waals surface area contributed by atoms with Gasteiger partial charge in [0.25, 0.3) is 0 Å². The lowest BCUT2D eigenvalue weighted by Crippen LogP contribution is -2.42. The highest BCUT2D eigenvalue weighted by atomic mass is 15.1. The van der Waals surface area contributed by atoms with Gasteiger partial charge in [0.2, 0.25) is 0 Å². The first-order valence-corrected chi connectivity index (χ1v) is 6.09. The number of piperidine rings is 1. The van der Waals surface area contributed by atoms with Gasteiger partial charge in [-0.15, -0.1) is 0 Å². The van der Waals surface area contributed by atoms with E-state index in [0.29, 0.717) is 5.41 Å². The van der Waals surface area contributed by atoms with Crippen molar-refractivity contribution in [2.45, 2.75) is 25.3 Å². The van der Waals surface area contributed by atoms with Gasteiger partial charge in [-0.05, 0) is 56.4 Å². The van der Waals surface area contributed by atoms with Crippen LogP contribution in [0.3, 0.4) is 0 Å². The van der Waals surface area contributed by atoms with E-state index in [-0.39, 0.29) is 6.04 Å². The van der Waals surface area contributed by atoms with Gasteiger partial charge in [0.1, 0.15) is 0 Å². The summed E-state index contributed by atoms with van der Waals surface area (Å²) in [6, 6.07) is 4.37. The van der Waals surface area contributed by atoms with Crippen LogP contribution in [0, 0.1) is 5.41 Å². The standard InChI is InChI=1S/C13H19N3/c1-16-7-4-13(5-8-16)9-10-3-2-6-15-11(10)12(13)14/h2-3,6,12H,4-5,7-9,14H2,1H3/t12-/m1/s1. The minimum atomic E-state index is 0.150. The smallest absolute Gasteiger partial charge is 0.0608 e. The average Bonchev–Trinajstić information content (AvgIpc) is 2.58. The van der Waals surface area contributed by atoms with E-state index in [0.717, 1.165) is 12.1 Å². The van der Waals surface area contributed by atoms with Gasteiger partial charge in [-0.25, -0.2) is 0 Å². The Morgan fingerprint density at radius 3 is 2.88 bits per heavy atom. The summed E-state index contributed by atoms with van der Waals surface area (Å²) < 4.78 is 0. The first-order valence-electron chi connectivity index (χ1n) is 6.09. The molecule has 1 spiro atoms. The van der Waals surface area contributed by atoms with Gasteiger partial charge in [-0.2, -0.15) is 0 Å². The third-order valence-electron chi connectivity index (χ3n) is 4.41. The van der Waals surface area contributed by atoms with Crippen LogP contribution in [0.25, 0.3) is 0 Å². The Morgan fingerprint density at radius 1 is 1.44 bits per heavy atom. The van der Waals surface area contributed by atoms with E-state index in [1.807, 2.05) is 12.3 Å². The Morgan fingerprint density at radius 2 is 2.19 bits per heavy atom. The molecule has 2 aliphatic rings. The molecule has 1 aliphatic carbocycles. The highest BCUT2D eigenvalue weighted by molar-refractivity contribution is 5.32. The zero-order chi connectivity index (χ0) is 11.2. The second-order valence-corrected chi connectivity index (χ2v) is 5.37. The first kappa shape index (κ1) is 10.2. The van der Waals surface area contributed by atoms with E-state index in [9.17, 15) is 0 Å². The van der Waals surface area contributed by atoms with Crippen molar-refractivity contribution in [1.29, 1.82) is 0 Å². The van der Waals surface area contributed by atoms with Crippen molar-refractivity contribution >= 4 is 0 Å². The summed E-state index contributed by atoms with van der Waals surface area (Å²) in [5.41, 5.74) is 9.24. The van der Waals surface area contributed by atoms with Crippen LogP contribution in [0.2, 0.25) is 0 Å². The lowest BCUT2D eigenvalue weighted by atomic mass is 9.73. The summed E-state index contributed by atoms with van der Waals surface area (Å²) in [4.78, 5) is 6.87. The van der Waals surface area contributed by atoms with E-state index in [4.69, 9.17) is 5.73 Å². The van der Waals surface area contributed by atoms with E-state index in [1.54, 1.807) is 0 Å². The zero-order valence-corrected chi connectivity index (χ0v) is 9.82. The van der Waals surface area contributed by atoms with Crippen LogP contribution in [-0.2, 0) is 6.42 Å². The summed E-state index contributed by atoms with van der Waals surface area (Å²) in [5, 5.41) is 0. The monoisotopic (exact) mass is 217 g/mol. The summed E-state index contributed by atoms with van der Waals surface area (Å²) in [7, 11) is 2.19. The molecule has 86 valence electrons. The molecule has 1 fully saturated rings. The van der Waals surface area contributed by atoms with E-state index in [1.165, 1.54) is 31.5 Å². The van der Waals surface area contributed by atoms with E-state index >= 15 is 0 Å². The van der Waals surface area contributed by atoms with Gasteiger partial charge in [0, 0.05) is 6.20 Å². The van der Waals surface area contributed by atoms with Crippen molar-refractivity contribution in [3.8, 4) is 0 Å². The number of nitrogens with two attached hydrogens (primary N) is 1. The van der Waals surface area contributed by atoms with Crippen LogP contribution < -0.4 is 5.73 Å². The van der Waals surface area contributed by atoms with Crippen LogP contribution in [0.4, 0.5) is 0 Å². The summed E-state index contributed by atoms with van der Waals surface area (Å²) in [6.07, 6.45) is 5.42. The van der Waals surface area contributed by atoms with E-state index < -0.39 is 0 Å². The number of rotatable bonds is 0. The maximum atomic E-state index is 6.42. The Kier molecular flexibility index (Phi) is 2.26. The van der Waals surface area contributed by atoms with Crippen molar-refractivity contribution in [3.05, 3.63) is 29.6 Å². The quantitative estimate of drug-likeness (QED) is 0.713. The molecule has 2 N–H and O–H groups in total. The molecule has 1 aliphatic heterocycles. The third-order valence-corrected chi connectivity index (χ3v) is 4.41. The molecule has 0 aromatic carbocycles. The fourth-order valence-electron chi connectivity index (χ4n) is 3.21. The molecular weight excluding hydrogens is 198 g/mol. The van der Waals surface area contributed by atoms with Crippen molar-refractivity contribution in [3.63, 3.8) is 0 Å². The molecule has 0 saturated carbocycles. The molecule has 1 atom stereocenters. The number of hydrogen-bond acceptors (Lipinski definition) is 3. The van der Waals surface area contributed by atoms with Gasteiger partial charge in [-0.1, -0.05) is 6.07 Å². The minimum absolute atomic E-state index is 0.150. The topological polar surface area (TPSA) is 42.2 Å². The van der Waals surface area contributed by atoms with Gasteiger partial charge in [0.05, 0.1) is 11.7 Å². The number of fused-ring (bicyclic) bond motifs is 1. The fraction of sp³-hybridized carbons (Fsp3) is 0.615. The second-order valence-electron chi connectivity index (χ2n) is 5.37. The highest BCUT2D eigenvalue weighted by Crippen LogP contribution is 2.49. The van der Waals surface area contributed by atoms with Crippen molar-refractivity contribution in [2.24, 2.45) is 11.1 Å². The SMILES string of the molecule is CN1CCC2(CC1)Cc1cccnc1[C@H]2N. The summed E-state index contributed by atoms with van der Waals surface area (Å²) in [5.74, 6) is 0. The lowest BCUT2D eigenvalue weighted by molar-refractivity contribution is 0.105. The summed E-state index contributed by atoms with van der Waals surface area (Å²) >= 11 is 0. The molecule has 0 unspecified atom stereocenters. The molecule has 3 heteroatoms. The molecule has 0 bridgehead atoms. The van der Waals surface area contributed by atoms with Crippen LogP contribution in [0.5, 0.6) is 0 Å². The minimum Gasteiger partial charge on any atom is -0.322 e. The van der Waals surface area contributed by atoms with Crippen LogP contribution >= 0.6 is 0 Å². The van der Waals surface area contributed by atoms with Crippen molar-refractivity contribution in [1.82, 2.24) is 9.88 Å². The molecule has 2 heterocycles. The van der Waals surface area contributed by atoms with Gasteiger partial charge in [0.15, 0.2) is 0 Å².